The highest BCUT2D eigenvalue weighted by Crippen LogP contribution is 2.37. The van der Waals surface area contributed by atoms with E-state index in [1.54, 1.807) is 23.5 Å². The molecule has 2 aromatic rings. The fourth-order valence-electron chi connectivity index (χ4n) is 1.45. The average Bonchev–Trinajstić information content (AvgIpc) is 2.58. The summed E-state index contributed by atoms with van der Waals surface area (Å²) in [6.07, 6.45) is 0. The molecular weight excluding hydrogens is 284 g/mol. The molecule has 1 aromatic heterocycles. The molecule has 2 N–H and O–H groups in total. The number of nitrogen functional groups attached to an aromatic ring is 1. The maximum Gasteiger partial charge on any atom is 0.0992 e. The van der Waals surface area contributed by atoms with Gasteiger partial charge in [0.15, 0.2) is 0 Å². The van der Waals surface area contributed by atoms with Gasteiger partial charge in [-0.15, -0.1) is 11.3 Å². The molecule has 2 rings (SSSR count). The molecule has 0 bridgehead atoms. The molecule has 1 heterocycles. The Bertz CT molecular complexity index is 562. The average molecular weight is 293 g/mol. The Morgan fingerprint density at radius 3 is 2.62 bits per heavy atom. The highest BCUT2D eigenvalue weighted by Gasteiger charge is 2.08. The first-order chi connectivity index (χ1) is 7.61. The van der Waals surface area contributed by atoms with Crippen LogP contribution in [0.4, 0.5) is 5.69 Å². The lowest BCUT2D eigenvalue weighted by molar-refractivity contribution is 1.48. The molecule has 0 aliphatic carbocycles. The Balaban J connectivity index is 2.53. The molecule has 2 nitrogen and oxygen atoms in total. The SMILES string of the molecule is Cc1cc(-c2ccc(C#N)cc2N)sc1Br. The molecule has 0 radical (unpaired) electrons. The van der Waals surface area contributed by atoms with Crippen molar-refractivity contribution in [3.8, 4) is 16.5 Å². The van der Waals surface area contributed by atoms with Crippen molar-refractivity contribution in [3.63, 3.8) is 0 Å². The van der Waals surface area contributed by atoms with Crippen LogP contribution in [-0.4, -0.2) is 0 Å². The van der Waals surface area contributed by atoms with Crippen LogP contribution in [-0.2, 0) is 0 Å². The van der Waals surface area contributed by atoms with E-state index < -0.39 is 0 Å². The van der Waals surface area contributed by atoms with Crippen molar-refractivity contribution >= 4 is 33.0 Å². The topological polar surface area (TPSA) is 49.8 Å². The van der Waals surface area contributed by atoms with E-state index >= 15 is 0 Å². The molecule has 0 aliphatic heterocycles. The fraction of sp³-hybridized carbons (Fsp3) is 0.0833. The summed E-state index contributed by atoms with van der Waals surface area (Å²) in [6.45, 7) is 2.05. The summed E-state index contributed by atoms with van der Waals surface area (Å²) in [5, 5.41) is 8.76. The van der Waals surface area contributed by atoms with Crippen molar-refractivity contribution < 1.29 is 0 Å². The Morgan fingerprint density at radius 2 is 2.12 bits per heavy atom. The number of aryl methyl sites for hydroxylation is 1. The lowest BCUT2D eigenvalue weighted by Crippen LogP contribution is -1.89. The zero-order valence-corrected chi connectivity index (χ0v) is 11.0. The molecule has 0 atom stereocenters. The van der Waals surface area contributed by atoms with Crippen molar-refractivity contribution in [2.75, 3.05) is 5.73 Å². The molecule has 16 heavy (non-hydrogen) atoms. The van der Waals surface area contributed by atoms with Crippen molar-refractivity contribution in [2.45, 2.75) is 6.92 Å². The number of hydrogen-bond acceptors (Lipinski definition) is 3. The molecule has 4 heteroatoms. The Kier molecular flexibility index (Phi) is 2.99. The van der Waals surface area contributed by atoms with Crippen molar-refractivity contribution in [2.24, 2.45) is 0 Å². The summed E-state index contributed by atoms with van der Waals surface area (Å²) in [6, 6.07) is 9.55. The van der Waals surface area contributed by atoms with Crippen LogP contribution in [0.1, 0.15) is 11.1 Å². The summed E-state index contributed by atoms with van der Waals surface area (Å²) < 4.78 is 1.12. The number of anilines is 1. The molecule has 1 aromatic carbocycles. The quantitative estimate of drug-likeness (QED) is 0.810. The highest BCUT2D eigenvalue weighted by molar-refractivity contribution is 9.11. The minimum atomic E-state index is 0.591. The normalized spacial score (nSPS) is 10.1. The summed E-state index contributed by atoms with van der Waals surface area (Å²) in [5.74, 6) is 0. The lowest BCUT2D eigenvalue weighted by atomic mass is 10.1. The van der Waals surface area contributed by atoms with E-state index in [0.717, 1.165) is 14.2 Å². The third kappa shape index (κ3) is 1.97. The predicted molar refractivity (Wildman–Crippen MR) is 71.3 cm³/mol. The summed E-state index contributed by atoms with van der Waals surface area (Å²) in [4.78, 5) is 1.12. The molecule has 0 unspecified atom stereocenters. The van der Waals surface area contributed by atoms with Crippen LogP contribution < -0.4 is 5.73 Å². The van der Waals surface area contributed by atoms with Crippen LogP contribution >= 0.6 is 27.3 Å². The maximum atomic E-state index is 8.76. The van der Waals surface area contributed by atoms with Gasteiger partial charge in [-0.05, 0) is 46.6 Å². The standard InChI is InChI=1S/C12H9BrN2S/c1-7-4-11(16-12(7)13)9-3-2-8(6-14)5-10(9)15/h2-5H,15H2,1H3. The third-order valence-electron chi connectivity index (χ3n) is 2.30. The largest absolute Gasteiger partial charge is 0.398 e. The molecular formula is C12H9BrN2S. The van der Waals surface area contributed by atoms with Crippen molar-refractivity contribution in [1.82, 2.24) is 0 Å². The fourth-order valence-corrected chi connectivity index (χ4v) is 3.03. The molecule has 80 valence electrons. The van der Waals surface area contributed by atoms with E-state index in [1.165, 1.54) is 5.56 Å². The molecule has 0 amide bonds. The van der Waals surface area contributed by atoms with E-state index in [9.17, 15) is 0 Å². The second-order valence-corrected chi connectivity index (χ2v) is 5.85. The summed E-state index contributed by atoms with van der Waals surface area (Å²) in [5.41, 5.74) is 9.35. The van der Waals surface area contributed by atoms with Gasteiger partial charge < -0.3 is 5.73 Å². The number of thiophene rings is 1. The van der Waals surface area contributed by atoms with Gasteiger partial charge in [0, 0.05) is 16.1 Å². The summed E-state index contributed by atoms with van der Waals surface area (Å²) in [7, 11) is 0. The van der Waals surface area contributed by atoms with E-state index in [2.05, 4.69) is 28.1 Å². The molecule has 0 aliphatic rings. The van der Waals surface area contributed by atoms with Gasteiger partial charge in [0.1, 0.15) is 0 Å². The zero-order valence-electron chi connectivity index (χ0n) is 8.62. The van der Waals surface area contributed by atoms with E-state index in [-0.39, 0.29) is 0 Å². The number of halogens is 1. The Labute approximate surface area is 106 Å². The lowest BCUT2D eigenvalue weighted by Gasteiger charge is -2.02. The van der Waals surface area contributed by atoms with Crippen LogP contribution in [0.25, 0.3) is 10.4 Å². The Morgan fingerprint density at radius 1 is 1.38 bits per heavy atom. The number of nitrogens with zero attached hydrogens (tertiary/aromatic N) is 1. The molecule has 0 fully saturated rings. The van der Waals surface area contributed by atoms with E-state index in [1.807, 2.05) is 13.0 Å². The second-order valence-electron chi connectivity index (χ2n) is 3.48. The van der Waals surface area contributed by atoms with Crippen molar-refractivity contribution in [1.29, 1.82) is 5.26 Å². The van der Waals surface area contributed by atoms with Crippen LogP contribution in [0.5, 0.6) is 0 Å². The first-order valence-electron chi connectivity index (χ1n) is 4.67. The Hall–Kier alpha value is -1.31. The van der Waals surface area contributed by atoms with Crippen molar-refractivity contribution in [3.05, 3.63) is 39.2 Å². The minimum absolute atomic E-state index is 0.591. The monoisotopic (exact) mass is 292 g/mol. The van der Waals surface area contributed by atoms with Gasteiger partial charge >= 0.3 is 0 Å². The highest BCUT2D eigenvalue weighted by atomic mass is 79.9. The number of nitrogens with two attached hydrogens (primary N) is 1. The van der Waals surface area contributed by atoms with Gasteiger partial charge in [0.25, 0.3) is 0 Å². The maximum absolute atomic E-state index is 8.76. The van der Waals surface area contributed by atoms with Gasteiger partial charge in [-0.3, -0.25) is 0 Å². The smallest absolute Gasteiger partial charge is 0.0992 e. The van der Waals surface area contributed by atoms with Crippen LogP contribution in [0, 0.1) is 18.3 Å². The van der Waals surface area contributed by atoms with E-state index in [4.69, 9.17) is 11.0 Å². The predicted octanol–water partition coefficient (Wildman–Crippen LogP) is 3.94. The van der Waals surface area contributed by atoms with Crippen LogP contribution in [0.15, 0.2) is 28.1 Å². The number of nitriles is 1. The molecule has 0 saturated carbocycles. The van der Waals surface area contributed by atoms with Crippen LogP contribution in [0.2, 0.25) is 0 Å². The van der Waals surface area contributed by atoms with Gasteiger partial charge in [0.2, 0.25) is 0 Å². The minimum Gasteiger partial charge on any atom is -0.398 e. The molecule has 0 saturated heterocycles. The third-order valence-corrected chi connectivity index (χ3v) is 4.47. The summed E-state index contributed by atoms with van der Waals surface area (Å²) >= 11 is 5.14. The zero-order chi connectivity index (χ0) is 11.7. The van der Waals surface area contributed by atoms with Gasteiger partial charge in [0.05, 0.1) is 15.4 Å². The number of benzene rings is 1. The first-order valence-corrected chi connectivity index (χ1v) is 6.28. The van der Waals surface area contributed by atoms with Gasteiger partial charge in [-0.2, -0.15) is 5.26 Å². The molecule has 0 spiro atoms. The van der Waals surface area contributed by atoms with Gasteiger partial charge in [-0.25, -0.2) is 0 Å². The number of rotatable bonds is 1. The van der Waals surface area contributed by atoms with E-state index in [0.29, 0.717) is 11.3 Å². The number of hydrogen-bond donors (Lipinski definition) is 1. The van der Waals surface area contributed by atoms with Crippen LogP contribution in [0.3, 0.4) is 0 Å². The van der Waals surface area contributed by atoms with Gasteiger partial charge in [-0.1, -0.05) is 6.07 Å². The second kappa shape index (κ2) is 4.28. The first kappa shape index (κ1) is 11.2.